The van der Waals surface area contributed by atoms with Gasteiger partial charge in [-0.15, -0.1) is 12.4 Å². The highest BCUT2D eigenvalue weighted by molar-refractivity contribution is 7.47. The van der Waals surface area contributed by atoms with Crippen LogP contribution in [0.15, 0.2) is 4.36 Å². The zero-order chi connectivity index (χ0) is 3.41. The minimum absolute atomic E-state index is 1.47. The molecule has 0 N–H and O–H groups in total. The summed E-state index contributed by atoms with van der Waals surface area (Å²) in [4.78, 5) is 0. The van der Waals surface area contributed by atoms with Crippen molar-refractivity contribution in [2.24, 2.45) is 4.36 Å². The van der Waals surface area contributed by atoms with Crippen LogP contribution in [-0.4, -0.2) is 0 Å². The van der Waals surface area contributed by atoms with Gasteiger partial charge < -0.3 is 0 Å². The number of hydrogen-bond acceptors (Lipinski definition) is 2. The van der Waals surface area contributed by atoms with Gasteiger partial charge in [-0.2, -0.15) is 9.62 Å². The molecule has 0 rings (SSSR count). The number of rotatable bonds is 0. The molecule has 0 aromatic carbocycles. The van der Waals surface area contributed by atoms with Gasteiger partial charge in [-0.1, -0.05) is 0 Å². The minimum atomic E-state index is 1.47. The van der Waals surface area contributed by atoms with E-state index < -0.39 is 0 Å². The molecule has 0 aromatic heterocycles. The highest BCUT2D eigenvalue weighted by Crippen LogP contribution is 1.40. The van der Waals surface area contributed by atoms with Gasteiger partial charge in [0.05, 0.1) is 0 Å². The lowest BCUT2D eigenvalue weighted by Gasteiger charge is -1.35. The van der Waals surface area contributed by atoms with Crippen molar-refractivity contribution in [2.45, 2.75) is 0 Å². The molecule has 0 atom stereocenters. The quantitative estimate of drug-likeness (QED) is 0.362. The van der Waals surface area contributed by atoms with Crippen LogP contribution < -0.4 is 0 Å². The summed E-state index contributed by atoms with van der Waals surface area (Å²) in [5.41, 5.74) is 0. The maximum atomic E-state index is 7.41. The van der Waals surface area contributed by atoms with Crippen molar-refractivity contribution in [3.05, 3.63) is 0 Å². The molecule has 0 fully saturated rings. The van der Waals surface area contributed by atoms with Gasteiger partial charge in [0.1, 0.15) is 0 Å². The molecule has 0 amide bonds. The van der Waals surface area contributed by atoms with Crippen molar-refractivity contribution >= 4 is 12.4 Å². The number of hydrogen-bond donors (Lipinski definition) is 0. The average Bonchev–Trinajstić information content (AvgIpc) is 1.37. The molecule has 22 valence electrons. The van der Waals surface area contributed by atoms with Crippen molar-refractivity contribution in [3.8, 4) is 6.19 Å². The maximum Gasteiger partial charge on any atom is 0.211 e. The van der Waals surface area contributed by atoms with Gasteiger partial charge in [-0.25, -0.2) is 0 Å². The first kappa shape index (κ1) is 3.64. The van der Waals surface area contributed by atoms with E-state index in [4.69, 9.17) is 5.26 Å². The molecular weight excluding hydrogens is 72.1 g/mol. The fourth-order valence-electron chi connectivity index (χ4n) is 0. The van der Waals surface area contributed by atoms with E-state index in [0.717, 1.165) is 0 Å². The predicted octanol–water partition coefficient (Wildman–Crippen LogP) is -0.337. The smallest absolute Gasteiger partial charge is 0.170 e. The predicted molar refractivity (Wildman–Crippen MR) is 18.2 cm³/mol. The number of nitriles is 1. The first-order chi connectivity index (χ1) is 1.91. The first-order valence-corrected chi connectivity index (χ1v) is 1.12. The van der Waals surface area contributed by atoms with Crippen molar-refractivity contribution in [1.29, 1.82) is 5.26 Å². The minimum Gasteiger partial charge on any atom is -0.170 e. The normalized spacial score (nSPS) is 4.00. The van der Waals surface area contributed by atoms with E-state index in [9.17, 15) is 0 Å². The Kier molecular flexibility index (Phi) is 2.40. The van der Waals surface area contributed by atoms with Crippen LogP contribution in [0.3, 0.4) is 0 Å². The second kappa shape index (κ2) is 2.64. The zero-order valence-electron chi connectivity index (χ0n) is 1.89. The van der Waals surface area contributed by atoms with E-state index in [2.05, 4.69) is 16.8 Å². The Bertz CT molecular complexity index is 51.5. The highest BCUT2D eigenvalue weighted by Gasteiger charge is 1.32. The van der Waals surface area contributed by atoms with Gasteiger partial charge in [0.25, 0.3) is 0 Å². The van der Waals surface area contributed by atoms with E-state index in [-0.39, 0.29) is 0 Å². The van der Waals surface area contributed by atoms with Crippen LogP contribution in [0.4, 0.5) is 0 Å². The summed E-state index contributed by atoms with van der Waals surface area (Å²) in [6.45, 7) is 0. The Morgan fingerprint density at radius 2 is 2.25 bits per heavy atom. The Hall–Kier alpha value is -0.360. The van der Waals surface area contributed by atoms with Crippen LogP contribution in [0.2, 0.25) is 0 Å². The molecule has 2 nitrogen and oxygen atoms in total. The second-order valence-electron chi connectivity index (χ2n) is 0.212. The Morgan fingerprint density at radius 1 is 2.00 bits per heavy atom. The third kappa shape index (κ3) is 1.64. The standard InChI is InChI=1S/CH2N2S/c2-1-3-4/h4H2. The molecule has 0 bridgehead atoms. The van der Waals surface area contributed by atoms with Crippen molar-refractivity contribution in [1.82, 2.24) is 0 Å². The van der Waals surface area contributed by atoms with Crippen LogP contribution in [0.25, 0.3) is 0 Å². The third-order valence-corrected chi connectivity index (χ3v) is 0.150. The number of nitrogens with zero attached hydrogens (tertiary/aromatic N) is 2. The van der Waals surface area contributed by atoms with Gasteiger partial charge in [0, 0.05) is 0 Å². The van der Waals surface area contributed by atoms with E-state index in [1.165, 1.54) is 6.19 Å². The summed E-state index contributed by atoms with van der Waals surface area (Å²) in [7, 11) is 0. The lowest BCUT2D eigenvalue weighted by atomic mass is 11.5. The van der Waals surface area contributed by atoms with Crippen LogP contribution in [0.1, 0.15) is 0 Å². The fraction of sp³-hybridized carbons (Fsp3) is 0. The summed E-state index contributed by atoms with van der Waals surface area (Å²) in [6, 6.07) is 0. The van der Waals surface area contributed by atoms with Gasteiger partial charge >= 0.3 is 0 Å². The Labute approximate surface area is 29.2 Å². The van der Waals surface area contributed by atoms with Crippen LogP contribution in [0, 0.1) is 11.5 Å². The molecule has 0 unspecified atom stereocenters. The van der Waals surface area contributed by atoms with E-state index in [1.54, 1.807) is 0 Å². The zero-order valence-corrected chi connectivity index (χ0v) is 2.89. The lowest BCUT2D eigenvalue weighted by molar-refractivity contribution is 1.47. The fourth-order valence-corrected chi connectivity index (χ4v) is 0. The third-order valence-electron chi connectivity index (χ3n) is 0.0500. The van der Waals surface area contributed by atoms with Crippen molar-refractivity contribution < 1.29 is 0 Å². The molecule has 4 heavy (non-hydrogen) atoms. The van der Waals surface area contributed by atoms with Crippen molar-refractivity contribution in [2.75, 3.05) is 0 Å². The van der Waals surface area contributed by atoms with Crippen molar-refractivity contribution in [3.63, 3.8) is 0 Å². The molecular formula is CH2N2S. The molecule has 0 spiro atoms. The monoisotopic (exact) mass is 74.0 g/mol. The Morgan fingerprint density at radius 3 is 2.25 bits per heavy atom. The largest absolute Gasteiger partial charge is 0.211 e. The topological polar surface area (TPSA) is 36.1 Å². The molecule has 0 heterocycles. The summed E-state index contributed by atoms with van der Waals surface area (Å²) < 4.78 is 2.85. The van der Waals surface area contributed by atoms with Crippen LogP contribution in [-0.2, 0) is 12.4 Å². The highest BCUT2D eigenvalue weighted by atomic mass is 32.1. The lowest BCUT2D eigenvalue weighted by Crippen LogP contribution is -1.24. The van der Waals surface area contributed by atoms with Gasteiger partial charge in [0.2, 0.25) is 6.19 Å². The molecule has 0 aliphatic heterocycles. The average molecular weight is 74.1 g/mol. The van der Waals surface area contributed by atoms with Gasteiger partial charge in [-0.05, 0) is 0 Å². The molecule has 0 saturated heterocycles. The summed E-state index contributed by atoms with van der Waals surface area (Å²) >= 11 is 2.55. The van der Waals surface area contributed by atoms with Crippen LogP contribution >= 0.6 is 0 Å². The van der Waals surface area contributed by atoms with E-state index >= 15 is 0 Å². The molecule has 0 aliphatic carbocycles. The summed E-state index contributed by atoms with van der Waals surface area (Å²) in [5.74, 6) is 0. The van der Waals surface area contributed by atoms with Crippen LogP contribution in [0.5, 0.6) is 0 Å². The molecule has 0 aromatic rings. The van der Waals surface area contributed by atoms with E-state index in [1.807, 2.05) is 0 Å². The van der Waals surface area contributed by atoms with E-state index in [0.29, 0.717) is 0 Å². The van der Waals surface area contributed by atoms with Gasteiger partial charge in [0.15, 0.2) is 0 Å². The maximum absolute atomic E-state index is 7.41. The summed E-state index contributed by atoms with van der Waals surface area (Å²) in [5, 5.41) is 7.41. The molecule has 0 saturated carbocycles. The van der Waals surface area contributed by atoms with Gasteiger partial charge in [-0.3, -0.25) is 0 Å². The summed E-state index contributed by atoms with van der Waals surface area (Å²) in [6.07, 6.45) is 1.47. The molecule has 0 aliphatic rings. The molecule has 0 radical (unpaired) electrons. The first-order valence-electron chi connectivity index (χ1n) is 0.671. The SMILES string of the molecule is N#CN=[SH2]. The molecule has 3 heteroatoms. The Balaban J connectivity index is 2.92. The second-order valence-corrected chi connectivity index (χ2v) is 0.435.